The van der Waals surface area contributed by atoms with Gasteiger partial charge in [0.2, 0.25) is 11.7 Å². The molecule has 0 spiro atoms. The molecule has 1 amide bonds. The molecule has 1 N–H and O–H groups in total. The van der Waals surface area contributed by atoms with Crippen LogP contribution in [-0.4, -0.2) is 22.9 Å². The Bertz CT molecular complexity index is 1200. The highest BCUT2D eigenvalue weighted by atomic mass is 16.5. The van der Waals surface area contributed by atoms with E-state index in [2.05, 4.69) is 5.32 Å². The van der Waals surface area contributed by atoms with Crippen LogP contribution in [0.5, 0.6) is 5.75 Å². The van der Waals surface area contributed by atoms with E-state index in [1.165, 1.54) is 0 Å². The van der Waals surface area contributed by atoms with Crippen LogP contribution < -0.4 is 10.1 Å². The number of nitrogens with one attached hydrogen (secondary N) is 1. The Morgan fingerprint density at radius 3 is 2.40 bits per heavy atom. The highest BCUT2D eigenvalue weighted by molar-refractivity contribution is 6.09. The number of aromatic nitrogens is 1. The van der Waals surface area contributed by atoms with Gasteiger partial charge in [-0.3, -0.25) is 9.59 Å². The minimum atomic E-state index is -0.149. The number of rotatable bonds is 7. The second kappa shape index (κ2) is 8.66. The summed E-state index contributed by atoms with van der Waals surface area (Å²) in [6.45, 7) is 2.00. The number of hydrogen-bond donors (Lipinski definition) is 1. The van der Waals surface area contributed by atoms with Crippen molar-refractivity contribution >= 4 is 28.3 Å². The van der Waals surface area contributed by atoms with Crippen molar-refractivity contribution in [3.05, 3.63) is 96.2 Å². The topological polar surface area (TPSA) is 60.3 Å². The van der Waals surface area contributed by atoms with Gasteiger partial charge in [-0.2, -0.15) is 0 Å². The molecule has 0 saturated carbocycles. The van der Waals surface area contributed by atoms with Crippen LogP contribution >= 0.6 is 0 Å². The summed E-state index contributed by atoms with van der Waals surface area (Å²) in [7, 11) is 0. The summed E-state index contributed by atoms with van der Waals surface area (Å²) in [6, 6.07) is 24.5. The number of ketones is 1. The maximum atomic E-state index is 12.8. The molecule has 150 valence electrons. The lowest BCUT2D eigenvalue weighted by molar-refractivity contribution is -0.116. The number of ether oxygens (including phenoxy) is 1. The molecule has 0 atom stereocenters. The Kier molecular flexibility index (Phi) is 5.61. The molecule has 1 heterocycles. The van der Waals surface area contributed by atoms with Gasteiger partial charge < -0.3 is 14.6 Å². The van der Waals surface area contributed by atoms with Crippen molar-refractivity contribution in [2.45, 2.75) is 13.5 Å². The average Bonchev–Trinajstić information content (AvgIpc) is 3.13. The van der Waals surface area contributed by atoms with Gasteiger partial charge in [0.1, 0.15) is 12.3 Å². The van der Waals surface area contributed by atoms with E-state index in [1.54, 1.807) is 10.8 Å². The molecule has 0 aliphatic carbocycles. The van der Waals surface area contributed by atoms with Crippen molar-refractivity contribution in [2.24, 2.45) is 0 Å². The fraction of sp³-hybridized carbons (Fsp3) is 0.120. The zero-order valence-corrected chi connectivity index (χ0v) is 16.7. The summed E-state index contributed by atoms with van der Waals surface area (Å²) in [4.78, 5) is 25.5. The molecule has 0 unspecified atom stereocenters. The number of benzene rings is 3. The van der Waals surface area contributed by atoms with E-state index < -0.39 is 0 Å². The lowest BCUT2D eigenvalue weighted by Crippen LogP contribution is -2.19. The number of anilines is 1. The molecule has 30 heavy (non-hydrogen) atoms. The number of aryl methyl sites for hydroxylation is 1. The number of hydrogen-bond acceptors (Lipinski definition) is 3. The van der Waals surface area contributed by atoms with Crippen molar-refractivity contribution < 1.29 is 14.3 Å². The molecule has 0 aliphatic rings. The zero-order valence-electron chi connectivity index (χ0n) is 16.7. The fourth-order valence-corrected chi connectivity index (χ4v) is 3.40. The second-order valence-electron chi connectivity index (χ2n) is 7.08. The largest absolute Gasteiger partial charge is 0.485 e. The summed E-state index contributed by atoms with van der Waals surface area (Å²) in [5, 5.41) is 3.75. The monoisotopic (exact) mass is 398 g/mol. The van der Waals surface area contributed by atoms with E-state index in [0.717, 1.165) is 22.2 Å². The van der Waals surface area contributed by atoms with E-state index in [-0.39, 0.29) is 24.8 Å². The molecular weight excluding hydrogens is 376 g/mol. The highest BCUT2D eigenvalue weighted by Gasteiger charge is 2.17. The van der Waals surface area contributed by atoms with E-state index in [0.29, 0.717) is 11.3 Å². The average molecular weight is 398 g/mol. The van der Waals surface area contributed by atoms with Gasteiger partial charge in [0.15, 0.2) is 6.61 Å². The number of amides is 1. The number of nitrogens with zero attached hydrogens (tertiary/aromatic N) is 1. The number of carbonyl (C=O) groups is 2. The number of Topliss-reactive ketones (excluding diaryl/α,β-unsaturated/α-hetero) is 1. The van der Waals surface area contributed by atoms with Crippen LogP contribution in [0.4, 0.5) is 5.69 Å². The van der Waals surface area contributed by atoms with E-state index in [9.17, 15) is 9.59 Å². The minimum Gasteiger partial charge on any atom is -0.485 e. The molecule has 0 aliphatic heterocycles. The van der Waals surface area contributed by atoms with Crippen molar-refractivity contribution in [3.8, 4) is 5.75 Å². The first-order valence-corrected chi connectivity index (χ1v) is 9.76. The van der Waals surface area contributed by atoms with Crippen LogP contribution in [0.15, 0.2) is 85.1 Å². The Morgan fingerprint density at radius 2 is 1.60 bits per heavy atom. The third kappa shape index (κ3) is 4.25. The fourth-order valence-electron chi connectivity index (χ4n) is 3.40. The van der Waals surface area contributed by atoms with Crippen LogP contribution in [0.2, 0.25) is 0 Å². The highest BCUT2D eigenvalue weighted by Crippen LogP contribution is 2.23. The molecule has 0 bridgehead atoms. The number of carbonyl (C=O) groups excluding carboxylic acids is 2. The maximum Gasteiger partial charge on any atom is 0.244 e. The van der Waals surface area contributed by atoms with Gasteiger partial charge >= 0.3 is 0 Å². The van der Waals surface area contributed by atoms with Crippen molar-refractivity contribution in [3.63, 3.8) is 0 Å². The molecular formula is C25H22N2O3. The Labute approximate surface area is 174 Å². The summed E-state index contributed by atoms with van der Waals surface area (Å²) >= 11 is 0. The molecule has 3 aromatic carbocycles. The van der Waals surface area contributed by atoms with Crippen LogP contribution in [0.1, 0.15) is 15.9 Å². The predicted molar refractivity (Wildman–Crippen MR) is 118 cm³/mol. The quantitative estimate of drug-likeness (QED) is 0.453. The van der Waals surface area contributed by atoms with Gasteiger partial charge in [-0.05, 0) is 36.8 Å². The van der Waals surface area contributed by atoms with Gasteiger partial charge in [0.25, 0.3) is 0 Å². The second-order valence-corrected chi connectivity index (χ2v) is 7.08. The van der Waals surface area contributed by atoms with Crippen LogP contribution in [-0.2, 0) is 11.3 Å². The molecule has 0 radical (unpaired) electrons. The maximum absolute atomic E-state index is 12.8. The summed E-state index contributed by atoms with van der Waals surface area (Å²) in [5.74, 6) is 0.366. The molecule has 4 rings (SSSR count). The minimum absolute atomic E-state index is 0.0621. The Morgan fingerprint density at radius 1 is 0.900 bits per heavy atom. The summed E-state index contributed by atoms with van der Waals surface area (Å²) < 4.78 is 7.42. The molecule has 5 nitrogen and oxygen atoms in total. The summed E-state index contributed by atoms with van der Waals surface area (Å²) in [5.41, 5.74) is 3.16. The first-order chi connectivity index (χ1) is 14.6. The molecule has 4 aromatic rings. The van der Waals surface area contributed by atoms with Gasteiger partial charge in [0, 0.05) is 28.4 Å². The van der Waals surface area contributed by atoms with E-state index in [4.69, 9.17) is 4.74 Å². The first kappa shape index (κ1) is 19.5. The lowest BCUT2D eigenvalue weighted by atomic mass is 10.1. The van der Waals surface area contributed by atoms with Crippen molar-refractivity contribution in [1.82, 2.24) is 4.57 Å². The zero-order chi connectivity index (χ0) is 20.9. The lowest BCUT2D eigenvalue weighted by Gasteiger charge is -2.09. The van der Waals surface area contributed by atoms with Crippen molar-refractivity contribution in [1.29, 1.82) is 0 Å². The van der Waals surface area contributed by atoms with Gasteiger partial charge in [-0.15, -0.1) is 0 Å². The molecule has 0 fully saturated rings. The van der Waals surface area contributed by atoms with Gasteiger partial charge in [0.05, 0.1) is 0 Å². The number of para-hydroxylation sites is 3. The smallest absolute Gasteiger partial charge is 0.244 e. The predicted octanol–water partition coefficient (Wildman–Crippen LogP) is 4.85. The molecule has 0 saturated heterocycles. The Hall–Kier alpha value is -3.86. The molecule has 1 aromatic heterocycles. The SMILES string of the molecule is Cc1ccccc1NC(=O)Cn1cc(C(=O)COc2ccccc2)c2ccccc21. The third-order valence-corrected chi connectivity index (χ3v) is 4.94. The normalized spacial score (nSPS) is 10.7. The Balaban J connectivity index is 1.54. The molecule has 5 heteroatoms. The summed E-state index contributed by atoms with van der Waals surface area (Å²) in [6.07, 6.45) is 1.73. The first-order valence-electron chi connectivity index (χ1n) is 9.76. The van der Waals surface area contributed by atoms with Crippen LogP contribution in [0, 0.1) is 6.92 Å². The van der Waals surface area contributed by atoms with E-state index in [1.807, 2.05) is 85.8 Å². The number of fused-ring (bicyclic) bond motifs is 1. The van der Waals surface area contributed by atoms with Crippen LogP contribution in [0.25, 0.3) is 10.9 Å². The van der Waals surface area contributed by atoms with Gasteiger partial charge in [-0.25, -0.2) is 0 Å². The third-order valence-electron chi connectivity index (χ3n) is 4.94. The van der Waals surface area contributed by atoms with Crippen LogP contribution in [0.3, 0.4) is 0 Å². The van der Waals surface area contributed by atoms with E-state index >= 15 is 0 Å². The standard InChI is InChI=1S/C25H22N2O3/c1-18-9-5-7-13-22(18)26-25(29)16-27-15-21(20-12-6-8-14-23(20)27)24(28)17-30-19-10-3-2-4-11-19/h2-15H,16-17H2,1H3,(H,26,29). The van der Waals surface area contributed by atoms with Crippen molar-refractivity contribution in [2.75, 3.05) is 11.9 Å². The van der Waals surface area contributed by atoms with Gasteiger partial charge in [-0.1, -0.05) is 54.6 Å².